The number of aryl methyl sites for hydroxylation is 1. The molecule has 0 aliphatic rings. The van der Waals surface area contributed by atoms with Gasteiger partial charge in [0.25, 0.3) is 5.91 Å². The number of para-hydroxylation sites is 1. The summed E-state index contributed by atoms with van der Waals surface area (Å²) in [6.45, 7) is 2.89. The smallest absolute Gasteiger partial charge is 0.255 e. The summed E-state index contributed by atoms with van der Waals surface area (Å²) in [6, 6.07) is 14.7. The standard InChI is InChI=1S/C16H18N2O2/c1-12-4-2-3-5-15(12)18-16(19)13-6-8-14(9-7-13)20-11-10-17/h2-9H,10-11,17H2,1H3,(H,18,19). The molecule has 2 rings (SSSR count). The van der Waals surface area contributed by atoms with Crippen LogP contribution in [0.25, 0.3) is 0 Å². The van der Waals surface area contributed by atoms with Crippen molar-refractivity contribution < 1.29 is 9.53 Å². The van der Waals surface area contributed by atoms with Gasteiger partial charge in [-0.25, -0.2) is 0 Å². The molecule has 0 saturated carbocycles. The zero-order valence-electron chi connectivity index (χ0n) is 11.4. The summed E-state index contributed by atoms with van der Waals surface area (Å²) in [5.41, 5.74) is 7.81. The van der Waals surface area contributed by atoms with E-state index in [1.54, 1.807) is 24.3 Å². The second-order valence-corrected chi connectivity index (χ2v) is 4.43. The van der Waals surface area contributed by atoms with Crippen LogP contribution in [-0.2, 0) is 0 Å². The van der Waals surface area contributed by atoms with E-state index in [2.05, 4.69) is 5.32 Å². The van der Waals surface area contributed by atoms with Crippen LogP contribution in [0.4, 0.5) is 5.69 Å². The molecule has 0 spiro atoms. The minimum atomic E-state index is -0.135. The number of ether oxygens (including phenoxy) is 1. The maximum absolute atomic E-state index is 12.1. The highest BCUT2D eigenvalue weighted by Gasteiger charge is 2.07. The highest BCUT2D eigenvalue weighted by molar-refractivity contribution is 6.04. The summed E-state index contributed by atoms with van der Waals surface area (Å²) in [6.07, 6.45) is 0. The molecule has 4 heteroatoms. The van der Waals surface area contributed by atoms with E-state index in [4.69, 9.17) is 10.5 Å². The molecular formula is C16H18N2O2. The average Bonchev–Trinajstić information content (AvgIpc) is 2.48. The first-order chi connectivity index (χ1) is 9.70. The second kappa shape index (κ2) is 6.73. The Bertz CT molecular complexity index is 579. The highest BCUT2D eigenvalue weighted by atomic mass is 16.5. The monoisotopic (exact) mass is 270 g/mol. The quantitative estimate of drug-likeness (QED) is 0.877. The van der Waals surface area contributed by atoms with Crippen LogP contribution >= 0.6 is 0 Å². The number of carbonyl (C=O) groups is 1. The summed E-state index contributed by atoms with van der Waals surface area (Å²) in [5, 5.41) is 2.89. The predicted octanol–water partition coefficient (Wildman–Crippen LogP) is 2.58. The Morgan fingerprint density at radius 2 is 1.85 bits per heavy atom. The van der Waals surface area contributed by atoms with Gasteiger partial charge >= 0.3 is 0 Å². The summed E-state index contributed by atoms with van der Waals surface area (Å²) in [4.78, 5) is 12.1. The lowest BCUT2D eigenvalue weighted by Crippen LogP contribution is -2.13. The summed E-state index contributed by atoms with van der Waals surface area (Å²) in [7, 11) is 0. The van der Waals surface area contributed by atoms with Crippen LogP contribution < -0.4 is 15.8 Å². The lowest BCUT2D eigenvalue weighted by Gasteiger charge is -2.09. The molecular weight excluding hydrogens is 252 g/mol. The van der Waals surface area contributed by atoms with E-state index in [-0.39, 0.29) is 5.91 Å². The largest absolute Gasteiger partial charge is 0.492 e. The Morgan fingerprint density at radius 1 is 1.15 bits per heavy atom. The number of rotatable bonds is 5. The first kappa shape index (κ1) is 14.1. The van der Waals surface area contributed by atoms with E-state index in [1.165, 1.54) is 0 Å². The minimum absolute atomic E-state index is 0.135. The first-order valence-electron chi connectivity index (χ1n) is 6.50. The third-order valence-electron chi connectivity index (χ3n) is 2.90. The molecule has 20 heavy (non-hydrogen) atoms. The van der Waals surface area contributed by atoms with Crippen LogP contribution in [0, 0.1) is 6.92 Å². The number of benzene rings is 2. The molecule has 0 aromatic heterocycles. The van der Waals surface area contributed by atoms with Gasteiger partial charge < -0.3 is 15.8 Å². The molecule has 3 N–H and O–H groups in total. The number of carbonyl (C=O) groups excluding carboxylic acids is 1. The Morgan fingerprint density at radius 3 is 2.50 bits per heavy atom. The minimum Gasteiger partial charge on any atom is -0.492 e. The number of hydrogen-bond donors (Lipinski definition) is 2. The summed E-state index contributed by atoms with van der Waals surface area (Å²) < 4.78 is 5.37. The Hall–Kier alpha value is -2.33. The maximum Gasteiger partial charge on any atom is 0.255 e. The normalized spacial score (nSPS) is 10.1. The second-order valence-electron chi connectivity index (χ2n) is 4.43. The van der Waals surface area contributed by atoms with E-state index in [9.17, 15) is 4.79 Å². The van der Waals surface area contributed by atoms with Crippen molar-refractivity contribution in [2.24, 2.45) is 5.73 Å². The van der Waals surface area contributed by atoms with Crippen molar-refractivity contribution in [1.82, 2.24) is 0 Å². The van der Waals surface area contributed by atoms with Crippen molar-refractivity contribution in [3.63, 3.8) is 0 Å². The number of amides is 1. The van der Waals surface area contributed by atoms with Gasteiger partial charge in [0, 0.05) is 17.8 Å². The summed E-state index contributed by atoms with van der Waals surface area (Å²) in [5.74, 6) is 0.576. The van der Waals surface area contributed by atoms with Gasteiger partial charge in [-0.05, 0) is 42.8 Å². The van der Waals surface area contributed by atoms with Gasteiger partial charge in [0.2, 0.25) is 0 Å². The van der Waals surface area contributed by atoms with E-state index >= 15 is 0 Å². The summed E-state index contributed by atoms with van der Waals surface area (Å²) >= 11 is 0. The van der Waals surface area contributed by atoms with Crippen molar-refractivity contribution in [3.8, 4) is 5.75 Å². The Balaban J connectivity index is 2.04. The molecule has 0 fully saturated rings. The van der Waals surface area contributed by atoms with Gasteiger partial charge in [-0.15, -0.1) is 0 Å². The van der Waals surface area contributed by atoms with Gasteiger partial charge in [-0.2, -0.15) is 0 Å². The van der Waals surface area contributed by atoms with E-state index < -0.39 is 0 Å². The van der Waals surface area contributed by atoms with Gasteiger partial charge in [0.1, 0.15) is 12.4 Å². The van der Waals surface area contributed by atoms with Crippen molar-refractivity contribution in [2.45, 2.75) is 6.92 Å². The molecule has 2 aromatic carbocycles. The Kier molecular flexibility index (Phi) is 4.74. The average molecular weight is 270 g/mol. The molecule has 0 radical (unpaired) electrons. The van der Waals surface area contributed by atoms with Crippen molar-refractivity contribution in [3.05, 3.63) is 59.7 Å². The van der Waals surface area contributed by atoms with Gasteiger partial charge in [0.15, 0.2) is 0 Å². The number of nitrogens with two attached hydrogens (primary N) is 1. The molecule has 0 saturated heterocycles. The van der Waals surface area contributed by atoms with Crippen LogP contribution in [0.2, 0.25) is 0 Å². The Labute approximate surface area is 118 Å². The van der Waals surface area contributed by atoms with Gasteiger partial charge in [-0.1, -0.05) is 18.2 Å². The molecule has 0 aliphatic heterocycles. The molecule has 0 heterocycles. The fraction of sp³-hybridized carbons (Fsp3) is 0.188. The SMILES string of the molecule is Cc1ccccc1NC(=O)c1ccc(OCCN)cc1. The number of anilines is 1. The van der Waals surface area contributed by atoms with Crippen LogP contribution in [0.1, 0.15) is 15.9 Å². The molecule has 4 nitrogen and oxygen atoms in total. The zero-order chi connectivity index (χ0) is 14.4. The third-order valence-corrected chi connectivity index (χ3v) is 2.90. The van der Waals surface area contributed by atoms with Crippen molar-refractivity contribution in [1.29, 1.82) is 0 Å². The van der Waals surface area contributed by atoms with Gasteiger partial charge in [0.05, 0.1) is 0 Å². The highest BCUT2D eigenvalue weighted by Crippen LogP contribution is 2.16. The molecule has 1 amide bonds. The van der Waals surface area contributed by atoms with Gasteiger partial charge in [-0.3, -0.25) is 4.79 Å². The zero-order valence-corrected chi connectivity index (χ0v) is 11.4. The topological polar surface area (TPSA) is 64.3 Å². The van der Waals surface area contributed by atoms with Crippen LogP contribution in [0.15, 0.2) is 48.5 Å². The lowest BCUT2D eigenvalue weighted by molar-refractivity contribution is 0.102. The molecule has 0 aliphatic carbocycles. The van der Waals surface area contributed by atoms with Crippen molar-refractivity contribution >= 4 is 11.6 Å². The molecule has 0 unspecified atom stereocenters. The molecule has 0 bridgehead atoms. The molecule has 2 aromatic rings. The third kappa shape index (κ3) is 3.59. The fourth-order valence-corrected chi connectivity index (χ4v) is 1.79. The number of hydrogen-bond acceptors (Lipinski definition) is 3. The van der Waals surface area contributed by atoms with Crippen LogP contribution in [0.5, 0.6) is 5.75 Å². The number of nitrogens with one attached hydrogen (secondary N) is 1. The molecule has 0 atom stereocenters. The van der Waals surface area contributed by atoms with E-state index in [0.717, 1.165) is 11.3 Å². The van der Waals surface area contributed by atoms with E-state index in [0.29, 0.717) is 24.5 Å². The van der Waals surface area contributed by atoms with Crippen LogP contribution in [-0.4, -0.2) is 19.1 Å². The predicted molar refractivity (Wildman–Crippen MR) is 80.1 cm³/mol. The van der Waals surface area contributed by atoms with Crippen LogP contribution in [0.3, 0.4) is 0 Å². The van der Waals surface area contributed by atoms with E-state index in [1.807, 2.05) is 31.2 Å². The maximum atomic E-state index is 12.1. The fourth-order valence-electron chi connectivity index (χ4n) is 1.79. The lowest BCUT2D eigenvalue weighted by atomic mass is 10.1. The van der Waals surface area contributed by atoms with Crippen molar-refractivity contribution in [2.75, 3.05) is 18.5 Å². The molecule has 104 valence electrons. The first-order valence-corrected chi connectivity index (χ1v) is 6.50.